The quantitative estimate of drug-likeness (QED) is 0.751. The molecule has 0 saturated carbocycles. The van der Waals surface area contributed by atoms with E-state index in [0.717, 1.165) is 5.56 Å². The van der Waals surface area contributed by atoms with E-state index < -0.39 is 21.5 Å². The highest BCUT2D eigenvalue weighted by Crippen LogP contribution is 2.31. The molecule has 122 valence electrons. The maximum atomic E-state index is 11.7. The summed E-state index contributed by atoms with van der Waals surface area (Å²) in [6.07, 6.45) is 0. The van der Waals surface area contributed by atoms with E-state index in [0.29, 0.717) is 11.4 Å². The molecule has 0 aliphatic carbocycles. The third kappa shape index (κ3) is 5.51. The van der Waals surface area contributed by atoms with Crippen molar-refractivity contribution in [2.75, 3.05) is 10.6 Å². The normalized spacial score (nSPS) is 11.7. The number of rotatable bonds is 4. The van der Waals surface area contributed by atoms with Crippen molar-refractivity contribution in [2.45, 2.75) is 35.9 Å². The lowest BCUT2D eigenvalue weighted by Gasteiger charge is -2.22. The van der Waals surface area contributed by atoms with Gasteiger partial charge in [0.1, 0.15) is 0 Å². The van der Waals surface area contributed by atoms with Gasteiger partial charge >= 0.3 is 0 Å². The van der Waals surface area contributed by atoms with Gasteiger partial charge < -0.3 is 10.6 Å². The molecule has 0 atom stereocenters. The molecule has 4 nitrogen and oxygen atoms in total. The number of carbonyl (C=O) groups excluding carboxylic acids is 2. The zero-order chi connectivity index (χ0) is 17.1. The van der Waals surface area contributed by atoms with Crippen LogP contribution in [0.1, 0.15) is 26.3 Å². The van der Waals surface area contributed by atoms with Gasteiger partial charge in [0.2, 0.25) is 0 Å². The van der Waals surface area contributed by atoms with Crippen LogP contribution in [-0.2, 0) is 15.0 Å². The molecule has 0 saturated heterocycles. The van der Waals surface area contributed by atoms with Gasteiger partial charge in [-0.3, -0.25) is 9.59 Å². The highest BCUT2D eigenvalue weighted by atomic mass is 35.5. The zero-order valence-electron chi connectivity index (χ0n) is 12.2. The summed E-state index contributed by atoms with van der Waals surface area (Å²) in [6, 6.07) is 5.23. The number of anilines is 2. The van der Waals surface area contributed by atoms with E-state index in [2.05, 4.69) is 10.6 Å². The Balaban J connectivity index is 3.19. The lowest BCUT2D eigenvalue weighted by atomic mass is 9.86. The summed E-state index contributed by atoms with van der Waals surface area (Å²) in [4.78, 5) is 20.9. The van der Waals surface area contributed by atoms with Gasteiger partial charge in [-0.1, -0.05) is 73.2 Å². The molecule has 8 heteroatoms. The predicted molar refractivity (Wildman–Crippen MR) is 93.4 cm³/mol. The SMILES string of the molecule is CC(C)(C)c1ccc(NC(=O)C(Cl)Cl)c(NC(=O)C(Cl)Cl)c1. The van der Waals surface area contributed by atoms with Crippen molar-refractivity contribution in [3.63, 3.8) is 0 Å². The average molecular weight is 386 g/mol. The minimum absolute atomic E-state index is 0.148. The van der Waals surface area contributed by atoms with Crippen molar-refractivity contribution >= 4 is 69.6 Å². The van der Waals surface area contributed by atoms with Crippen LogP contribution >= 0.6 is 46.4 Å². The van der Waals surface area contributed by atoms with Gasteiger partial charge in [0.05, 0.1) is 11.4 Å². The monoisotopic (exact) mass is 384 g/mol. The van der Waals surface area contributed by atoms with Crippen molar-refractivity contribution in [3.05, 3.63) is 23.8 Å². The fourth-order valence-corrected chi connectivity index (χ4v) is 1.82. The number of alkyl halides is 4. The molecule has 1 aromatic carbocycles. The van der Waals surface area contributed by atoms with E-state index in [9.17, 15) is 9.59 Å². The Bertz CT molecular complexity index is 568. The van der Waals surface area contributed by atoms with Crippen molar-refractivity contribution in [2.24, 2.45) is 0 Å². The van der Waals surface area contributed by atoms with E-state index in [-0.39, 0.29) is 5.41 Å². The van der Waals surface area contributed by atoms with Crippen LogP contribution in [0.3, 0.4) is 0 Å². The summed E-state index contributed by atoms with van der Waals surface area (Å²) in [5, 5.41) is 5.09. The van der Waals surface area contributed by atoms with Crippen LogP contribution in [0.15, 0.2) is 18.2 Å². The third-order valence-electron chi connectivity index (χ3n) is 2.80. The maximum absolute atomic E-state index is 11.7. The molecule has 0 bridgehead atoms. The first kappa shape index (κ1) is 19.4. The Morgan fingerprint density at radius 1 is 0.909 bits per heavy atom. The van der Waals surface area contributed by atoms with Gasteiger partial charge in [-0.25, -0.2) is 0 Å². The first-order valence-electron chi connectivity index (χ1n) is 6.35. The Labute approximate surface area is 149 Å². The number of amides is 2. The Morgan fingerprint density at radius 3 is 1.77 bits per heavy atom. The summed E-state index contributed by atoms with van der Waals surface area (Å²) >= 11 is 22.1. The standard InChI is InChI=1S/C14H16Cl4N2O2/c1-14(2,3)7-4-5-8(19-12(21)10(15)16)9(6-7)20-13(22)11(17)18/h4-6,10-11H,1-3H3,(H,19,21)(H,20,22). The van der Waals surface area contributed by atoms with Crippen molar-refractivity contribution < 1.29 is 9.59 Å². The minimum Gasteiger partial charge on any atom is -0.322 e. The number of benzene rings is 1. The van der Waals surface area contributed by atoms with Gasteiger partial charge in [-0.15, -0.1) is 0 Å². The molecule has 0 unspecified atom stereocenters. The molecule has 0 fully saturated rings. The molecule has 2 amide bonds. The molecule has 0 aliphatic heterocycles. The maximum Gasteiger partial charge on any atom is 0.257 e. The molecule has 0 spiro atoms. The van der Waals surface area contributed by atoms with Gasteiger partial charge in [-0.2, -0.15) is 0 Å². The van der Waals surface area contributed by atoms with Gasteiger partial charge in [0.25, 0.3) is 11.8 Å². The molecule has 0 radical (unpaired) electrons. The summed E-state index contributed by atoms with van der Waals surface area (Å²) in [5.74, 6) is -1.20. The average Bonchev–Trinajstić information content (AvgIpc) is 2.38. The number of nitrogens with one attached hydrogen (secondary N) is 2. The van der Waals surface area contributed by atoms with E-state index in [4.69, 9.17) is 46.4 Å². The lowest BCUT2D eigenvalue weighted by molar-refractivity contribution is -0.115. The molecule has 0 aliphatic rings. The van der Waals surface area contributed by atoms with Crippen LogP contribution in [0.5, 0.6) is 0 Å². The largest absolute Gasteiger partial charge is 0.322 e. The summed E-state index contributed by atoms with van der Waals surface area (Å²) < 4.78 is 0. The first-order chi connectivity index (χ1) is 10.0. The second kappa shape index (κ2) is 7.73. The number of hydrogen-bond donors (Lipinski definition) is 2. The molecule has 0 heterocycles. The van der Waals surface area contributed by atoms with E-state index in [1.165, 1.54) is 0 Å². The highest BCUT2D eigenvalue weighted by Gasteiger charge is 2.20. The van der Waals surface area contributed by atoms with E-state index in [1.54, 1.807) is 12.1 Å². The topological polar surface area (TPSA) is 58.2 Å². The second-order valence-electron chi connectivity index (χ2n) is 5.59. The van der Waals surface area contributed by atoms with Gasteiger partial charge in [-0.05, 0) is 23.1 Å². The van der Waals surface area contributed by atoms with Crippen LogP contribution in [0, 0.1) is 0 Å². The molecule has 22 heavy (non-hydrogen) atoms. The Hall–Kier alpha value is -0.680. The summed E-state index contributed by atoms with van der Waals surface area (Å²) in [5.41, 5.74) is 1.53. The summed E-state index contributed by atoms with van der Waals surface area (Å²) in [7, 11) is 0. The molecular weight excluding hydrogens is 370 g/mol. The van der Waals surface area contributed by atoms with Crippen molar-refractivity contribution in [3.8, 4) is 0 Å². The fraction of sp³-hybridized carbons (Fsp3) is 0.429. The first-order valence-corrected chi connectivity index (χ1v) is 8.09. The van der Waals surface area contributed by atoms with Crippen LogP contribution in [-0.4, -0.2) is 21.5 Å². The number of carbonyl (C=O) groups is 2. The van der Waals surface area contributed by atoms with Crippen LogP contribution in [0.2, 0.25) is 0 Å². The van der Waals surface area contributed by atoms with Crippen molar-refractivity contribution in [1.29, 1.82) is 0 Å². The molecule has 1 rings (SSSR count). The van der Waals surface area contributed by atoms with Crippen LogP contribution < -0.4 is 10.6 Å². The van der Waals surface area contributed by atoms with Crippen molar-refractivity contribution in [1.82, 2.24) is 0 Å². The smallest absolute Gasteiger partial charge is 0.257 e. The fourth-order valence-electron chi connectivity index (χ4n) is 1.60. The van der Waals surface area contributed by atoms with E-state index in [1.807, 2.05) is 26.8 Å². The number of halogens is 4. The van der Waals surface area contributed by atoms with Gasteiger partial charge in [0, 0.05) is 0 Å². The van der Waals surface area contributed by atoms with Crippen LogP contribution in [0.4, 0.5) is 11.4 Å². The van der Waals surface area contributed by atoms with E-state index >= 15 is 0 Å². The minimum atomic E-state index is -1.23. The molecular formula is C14H16Cl4N2O2. The second-order valence-corrected chi connectivity index (χ2v) is 7.78. The zero-order valence-corrected chi connectivity index (χ0v) is 15.2. The number of hydrogen-bond acceptors (Lipinski definition) is 2. The Morgan fingerprint density at radius 2 is 1.36 bits per heavy atom. The Kier molecular flexibility index (Phi) is 6.81. The predicted octanol–water partition coefficient (Wildman–Crippen LogP) is 4.47. The van der Waals surface area contributed by atoms with Gasteiger partial charge in [0.15, 0.2) is 9.67 Å². The summed E-state index contributed by atoms with van der Waals surface area (Å²) in [6.45, 7) is 6.06. The molecule has 2 N–H and O–H groups in total. The molecule has 0 aromatic heterocycles. The third-order valence-corrected chi connectivity index (χ3v) is 3.59. The molecule has 1 aromatic rings. The van der Waals surface area contributed by atoms with Crippen LogP contribution in [0.25, 0.3) is 0 Å². The highest BCUT2D eigenvalue weighted by molar-refractivity contribution is 6.55. The lowest BCUT2D eigenvalue weighted by Crippen LogP contribution is -2.23.